The van der Waals surface area contributed by atoms with Crippen molar-refractivity contribution in [1.82, 2.24) is 0 Å². The van der Waals surface area contributed by atoms with Gasteiger partial charge in [-0.1, -0.05) is 24.3 Å². The molecular formula is C18H14O4. The summed E-state index contributed by atoms with van der Waals surface area (Å²) in [5.41, 5.74) is 4.25. The van der Waals surface area contributed by atoms with Gasteiger partial charge in [0.1, 0.15) is 0 Å². The minimum absolute atomic E-state index is 0.115. The molecule has 3 aliphatic carbocycles. The Morgan fingerprint density at radius 3 is 1.55 bits per heavy atom. The molecule has 2 aromatic rings. The number of carboxylic acid groups (broad SMARTS) is 2. The molecule has 0 radical (unpaired) electrons. The maximum atomic E-state index is 11.4. The quantitative estimate of drug-likeness (QED) is 0.889. The molecule has 4 nitrogen and oxygen atoms in total. The summed E-state index contributed by atoms with van der Waals surface area (Å²) in [6.45, 7) is 0. The minimum atomic E-state index is -1.19. The third-order valence-corrected chi connectivity index (χ3v) is 4.93. The van der Waals surface area contributed by atoms with E-state index in [0.29, 0.717) is 0 Å². The van der Waals surface area contributed by atoms with Gasteiger partial charge in [-0.25, -0.2) is 9.59 Å². The van der Waals surface area contributed by atoms with Gasteiger partial charge >= 0.3 is 11.9 Å². The number of benzene rings is 2. The van der Waals surface area contributed by atoms with Crippen molar-refractivity contribution in [3.8, 4) is 0 Å². The maximum absolute atomic E-state index is 11.4. The minimum Gasteiger partial charge on any atom is -0.478 e. The molecule has 5 rings (SSSR count). The fourth-order valence-electron chi connectivity index (χ4n) is 4.03. The second kappa shape index (κ2) is 4.44. The summed E-state index contributed by atoms with van der Waals surface area (Å²) in [5, 5.41) is 18.6. The molecule has 0 aromatic heterocycles. The third kappa shape index (κ3) is 1.64. The molecule has 3 aliphatic rings. The van der Waals surface area contributed by atoms with Gasteiger partial charge in [-0.05, 0) is 47.2 Å². The van der Waals surface area contributed by atoms with Gasteiger partial charge < -0.3 is 10.2 Å². The Balaban J connectivity index is 1.99. The largest absolute Gasteiger partial charge is 0.478 e. The second-order valence-electron chi connectivity index (χ2n) is 5.95. The lowest BCUT2D eigenvalue weighted by Gasteiger charge is -2.40. The maximum Gasteiger partial charge on any atom is 0.336 e. The molecule has 0 heterocycles. The molecule has 2 atom stereocenters. The molecule has 110 valence electrons. The lowest BCUT2D eigenvalue weighted by atomic mass is 9.63. The first-order valence-electron chi connectivity index (χ1n) is 7.31. The van der Waals surface area contributed by atoms with Crippen LogP contribution in [0.5, 0.6) is 0 Å². The van der Waals surface area contributed by atoms with E-state index < -0.39 is 11.9 Å². The molecule has 0 amide bonds. The van der Waals surface area contributed by atoms with Gasteiger partial charge in [0.05, 0.1) is 11.1 Å². The third-order valence-electron chi connectivity index (χ3n) is 4.93. The fourth-order valence-corrected chi connectivity index (χ4v) is 4.03. The predicted molar refractivity (Wildman–Crippen MR) is 79.7 cm³/mol. The van der Waals surface area contributed by atoms with Gasteiger partial charge in [-0.15, -0.1) is 0 Å². The van der Waals surface area contributed by atoms with Crippen LogP contribution in [0.15, 0.2) is 36.4 Å². The van der Waals surface area contributed by atoms with Crippen molar-refractivity contribution in [1.29, 1.82) is 0 Å². The van der Waals surface area contributed by atoms with Gasteiger partial charge in [-0.2, -0.15) is 0 Å². The normalized spacial score (nSPS) is 21.1. The Hall–Kier alpha value is -2.62. The summed E-state index contributed by atoms with van der Waals surface area (Å²) < 4.78 is 0. The number of hydrogen-bond donors (Lipinski definition) is 2. The average Bonchev–Trinajstić information content (AvgIpc) is 2.54. The van der Waals surface area contributed by atoms with Crippen LogP contribution in [-0.2, 0) is 0 Å². The zero-order chi connectivity index (χ0) is 15.4. The molecule has 2 unspecified atom stereocenters. The highest BCUT2D eigenvalue weighted by Crippen LogP contribution is 2.53. The van der Waals surface area contributed by atoms with Crippen molar-refractivity contribution >= 4 is 11.9 Å². The zero-order valence-electron chi connectivity index (χ0n) is 11.7. The number of rotatable bonds is 2. The van der Waals surface area contributed by atoms with Gasteiger partial charge in [-0.3, -0.25) is 0 Å². The molecule has 4 heteroatoms. The topological polar surface area (TPSA) is 74.6 Å². The highest BCUT2D eigenvalue weighted by atomic mass is 16.4. The molecule has 0 saturated carbocycles. The average molecular weight is 294 g/mol. The number of hydrogen-bond acceptors (Lipinski definition) is 2. The van der Waals surface area contributed by atoms with Crippen molar-refractivity contribution in [2.75, 3.05) is 0 Å². The van der Waals surface area contributed by atoms with E-state index in [-0.39, 0.29) is 23.0 Å². The zero-order valence-corrected chi connectivity index (χ0v) is 11.7. The first-order chi connectivity index (χ1) is 10.6. The Morgan fingerprint density at radius 2 is 1.18 bits per heavy atom. The van der Waals surface area contributed by atoms with E-state index in [4.69, 9.17) is 0 Å². The predicted octanol–water partition coefficient (Wildman–Crippen LogP) is 3.45. The summed E-state index contributed by atoms with van der Waals surface area (Å²) in [6, 6.07) is 11.4. The van der Waals surface area contributed by atoms with E-state index >= 15 is 0 Å². The fraction of sp³-hybridized carbons (Fsp3) is 0.222. The highest BCUT2D eigenvalue weighted by Gasteiger charge is 2.38. The van der Waals surface area contributed by atoms with Crippen LogP contribution in [-0.4, -0.2) is 22.2 Å². The summed E-state index contributed by atoms with van der Waals surface area (Å²) >= 11 is 0. The van der Waals surface area contributed by atoms with E-state index in [1.165, 1.54) is 11.1 Å². The van der Waals surface area contributed by atoms with Crippen LogP contribution in [0.4, 0.5) is 0 Å². The van der Waals surface area contributed by atoms with E-state index in [1.54, 1.807) is 12.1 Å². The van der Waals surface area contributed by atoms with E-state index in [9.17, 15) is 19.8 Å². The molecule has 2 N–H and O–H groups in total. The van der Waals surface area contributed by atoms with Crippen LogP contribution in [0, 0.1) is 0 Å². The molecule has 0 saturated heterocycles. The van der Waals surface area contributed by atoms with E-state index in [2.05, 4.69) is 12.1 Å². The van der Waals surface area contributed by atoms with Crippen LogP contribution >= 0.6 is 0 Å². The number of aromatic carboxylic acids is 2. The molecule has 0 aliphatic heterocycles. The van der Waals surface area contributed by atoms with Gasteiger partial charge in [0, 0.05) is 11.8 Å². The van der Waals surface area contributed by atoms with Crippen LogP contribution in [0.3, 0.4) is 0 Å². The molecule has 22 heavy (non-hydrogen) atoms. The molecule has 0 fully saturated rings. The monoisotopic (exact) mass is 294 g/mol. The van der Waals surface area contributed by atoms with Crippen molar-refractivity contribution in [3.05, 3.63) is 69.8 Å². The molecule has 2 aromatic carbocycles. The van der Waals surface area contributed by atoms with Crippen LogP contribution in [0.1, 0.15) is 67.6 Å². The van der Waals surface area contributed by atoms with E-state index in [1.807, 2.05) is 12.1 Å². The van der Waals surface area contributed by atoms with Gasteiger partial charge in [0.25, 0.3) is 0 Å². The Bertz CT molecular complexity index is 754. The summed E-state index contributed by atoms with van der Waals surface area (Å²) in [5.74, 6) is -2.01. The van der Waals surface area contributed by atoms with Gasteiger partial charge in [0.2, 0.25) is 0 Å². The van der Waals surface area contributed by atoms with Crippen molar-refractivity contribution < 1.29 is 19.8 Å². The number of carbonyl (C=O) groups is 2. The first-order valence-corrected chi connectivity index (χ1v) is 7.31. The summed E-state index contributed by atoms with van der Waals surface area (Å²) in [4.78, 5) is 22.8. The van der Waals surface area contributed by atoms with Crippen molar-refractivity contribution in [3.63, 3.8) is 0 Å². The Kier molecular flexibility index (Phi) is 2.64. The molecular weight excluding hydrogens is 280 g/mol. The van der Waals surface area contributed by atoms with Crippen molar-refractivity contribution in [2.45, 2.75) is 24.7 Å². The standard InChI is InChI=1S/C18H14O4/c19-17(20)15-7-13-11-5-6-12(10-4-2-1-3-9(10)11)14(13)8-16(15)18(21)22/h1-4,7-8,11-12H,5-6H2,(H,19,20)(H,21,22). The summed E-state index contributed by atoms with van der Waals surface area (Å²) in [6.07, 6.45) is 1.97. The first kappa shape index (κ1) is 13.1. The highest BCUT2D eigenvalue weighted by molar-refractivity contribution is 6.02. The SMILES string of the molecule is O=C(O)c1cc2c(cc1C(=O)O)C1CCC2c2ccccc21. The molecule has 2 bridgehead atoms. The van der Waals surface area contributed by atoms with E-state index in [0.717, 1.165) is 24.0 Å². The van der Waals surface area contributed by atoms with Crippen LogP contribution in [0.2, 0.25) is 0 Å². The van der Waals surface area contributed by atoms with Crippen LogP contribution in [0.25, 0.3) is 0 Å². The lowest BCUT2D eigenvalue weighted by molar-refractivity contribution is 0.0651. The Morgan fingerprint density at radius 1 is 0.773 bits per heavy atom. The number of fused-ring (bicyclic) bond motifs is 1. The van der Waals surface area contributed by atoms with Gasteiger partial charge in [0.15, 0.2) is 0 Å². The smallest absolute Gasteiger partial charge is 0.336 e. The van der Waals surface area contributed by atoms with Crippen molar-refractivity contribution in [2.24, 2.45) is 0 Å². The second-order valence-corrected chi connectivity index (χ2v) is 5.95. The lowest BCUT2D eigenvalue weighted by Crippen LogP contribution is -2.26. The summed E-state index contributed by atoms with van der Waals surface area (Å²) in [7, 11) is 0. The van der Waals surface area contributed by atoms with Crippen LogP contribution < -0.4 is 0 Å². The Labute approximate surface area is 127 Å². The number of carboxylic acids is 2. The molecule has 0 spiro atoms.